The number of imidazole rings is 1. The number of para-hydroxylation sites is 2. The van der Waals surface area contributed by atoms with Gasteiger partial charge in [0, 0.05) is 0 Å². The first kappa shape index (κ1) is 16.8. The number of hydrogen-bond donors (Lipinski definition) is 0. The number of fused-ring (bicyclic) bond motifs is 1. The number of nitrogens with zero attached hydrogens (tertiary/aromatic N) is 2. The van der Waals surface area contributed by atoms with Crippen LogP contribution in [0.5, 0.6) is 11.5 Å². The summed E-state index contributed by atoms with van der Waals surface area (Å²) in [6.07, 6.45) is 6.11. The summed E-state index contributed by atoms with van der Waals surface area (Å²) in [6, 6.07) is 16.5. The van der Waals surface area contributed by atoms with Crippen LogP contribution in [0, 0.1) is 0 Å². The maximum absolute atomic E-state index is 6.44. The normalized spacial score (nSPS) is 15.2. The van der Waals surface area contributed by atoms with Crippen LogP contribution in [0.4, 0.5) is 0 Å². The fraction of sp³-hybridized carbons (Fsp3) is 0.286. The van der Waals surface area contributed by atoms with E-state index in [1.807, 2.05) is 43.0 Å². The molecule has 134 valence electrons. The molecule has 0 atom stereocenters. The zero-order chi connectivity index (χ0) is 18.4. The van der Waals surface area contributed by atoms with E-state index < -0.39 is 6.69 Å². The minimum Gasteiger partial charge on any atom is -0.639 e. The molecule has 0 spiro atoms. The molecule has 0 aliphatic carbocycles. The second kappa shape index (κ2) is 5.94. The van der Waals surface area contributed by atoms with Crippen LogP contribution < -0.4 is 19.2 Å². The molecule has 0 bridgehead atoms. The monoisotopic (exact) mass is 348 g/mol. The molecule has 2 aromatic carbocycles. The van der Waals surface area contributed by atoms with Crippen molar-refractivity contribution in [3.63, 3.8) is 0 Å². The molecule has 1 aliphatic heterocycles. The predicted octanol–water partition coefficient (Wildman–Crippen LogP) is 3.26. The Morgan fingerprint density at radius 3 is 2.08 bits per heavy atom. The Balaban J connectivity index is 1.82. The minimum atomic E-state index is -1.86. The van der Waals surface area contributed by atoms with Gasteiger partial charge in [0.2, 0.25) is 6.33 Å². The standard InChI is InChI=1S/C21H25BN2O2/c1-5-23-14-15-24(16-23)22(25-19-8-6-7-9-20(19)26-22)18-12-10-17(11-13-18)21(2,3)4/h6-16H,5H2,1-4H3. The molecule has 0 radical (unpaired) electrons. The van der Waals surface area contributed by atoms with Gasteiger partial charge in [0.15, 0.2) is 0 Å². The first-order chi connectivity index (χ1) is 12.4. The molecule has 0 fully saturated rings. The SMILES string of the molecule is CCn1cc[n+]([B-]2(c3ccc(C(C)(C)C)cc3)Oc3ccccc3O2)c1. The predicted molar refractivity (Wildman–Crippen MR) is 104 cm³/mol. The van der Waals surface area contributed by atoms with Gasteiger partial charge < -0.3 is 13.8 Å². The molecule has 1 aromatic heterocycles. The van der Waals surface area contributed by atoms with Crippen molar-refractivity contribution in [1.29, 1.82) is 0 Å². The molecule has 3 aromatic rings. The van der Waals surface area contributed by atoms with E-state index in [-0.39, 0.29) is 5.41 Å². The van der Waals surface area contributed by atoms with Crippen LogP contribution in [-0.2, 0) is 12.0 Å². The Hall–Kier alpha value is -2.69. The highest BCUT2D eigenvalue weighted by molar-refractivity contribution is 6.75. The van der Waals surface area contributed by atoms with E-state index >= 15 is 0 Å². The van der Waals surface area contributed by atoms with Crippen molar-refractivity contribution in [2.24, 2.45) is 0 Å². The van der Waals surface area contributed by atoms with E-state index in [9.17, 15) is 0 Å². The summed E-state index contributed by atoms with van der Waals surface area (Å²) < 4.78 is 17.0. The van der Waals surface area contributed by atoms with Crippen molar-refractivity contribution in [2.45, 2.75) is 39.7 Å². The van der Waals surface area contributed by atoms with Crippen molar-refractivity contribution in [3.8, 4) is 11.5 Å². The van der Waals surface area contributed by atoms with E-state index in [4.69, 9.17) is 9.31 Å². The molecular formula is C21H25BN2O2. The van der Waals surface area contributed by atoms with Crippen LogP contribution in [-0.4, -0.2) is 11.3 Å². The lowest BCUT2D eigenvalue weighted by atomic mass is 9.63. The summed E-state index contributed by atoms with van der Waals surface area (Å²) in [4.78, 5) is 0. The number of hydrogen-bond acceptors (Lipinski definition) is 2. The lowest BCUT2D eigenvalue weighted by Crippen LogP contribution is -2.77. The Bertz CT molecular complexity index is 901. The van der Waals surface area contributed by atoms with Crippen LogP contribution in [0.2, 0.25) is 0 Å². The zero-order valence-corrected chi connectivity index (χ0v) is 15.8. The summed E-state index contributed by atoms with van der Waals surface area (Å²) in [5.74, 6) is 1.56. The Labute approximate surface area is 155 Å². The van der Waals surface area contributed by atoms with E-state index in [1.165, 1.54) is 5.56 Å². The highest BCUT2D eigenvalue weighted by Crippen LogP contribution is 2.35. The molecule has 0 N–H and O–H groups in total. The number of benzene rings is 2. The maximum Gasteiger partial charge on any atom is 0.591 e. The largest absolute Gasteiger partial charge is 0.639 e. The summed E-state index contributed by atoms with van der Waals surface area (Å²) in [5.41, 5.74) is 2.42. The van der Waals surface area contributed by atoms with E-state index in [0.29, 0.717) is 0 Å². The molecule has 0 saturated heterocycles. The van der Waals surface area contributed by atoms with Gasteiger partial charge in [0.1, 0.15) is 17.7 Å². The quantitative estimate of drug-likeness (QED) is 0.680. The average molecular weight is 348 g/mol. The van der Waals surface area contributed by atoms with E-state index in [2.05, 4.69) is 61.0 Å². The summed E-state index contributed by atoms with van der Waals surface area (Å²) in [5, 5.41) is 0. The van der Waals surface area contributed by atoms with Gasteiger partial charge >= 0.3 is 6.69 Å². The molecule has 2 heterocycles. The Morgan fingerprint density at radius 1 is 0.962 bits per heavy atom. The minimum absolute atomic E-state index is 0.109. The molecule has 1 aliphatic rings. The van der Waals surface area contributed by atoms with Crippen molar-refractivity contribution >= 4 is 12.1 Å². The van der Waals surface area contributed by atoms with Crippen LogP contribution in [0.3, 0.4) is 0 Å². The van der Waals surface area contributed by atoms with Gasteiger partial charge in [-0.15, -0.1) is 0 Å². The third-order valence-electron chi connectivity index (χ3n) is 5.09. The molecule has 5 heteroatoms. The lowest BCUT2D eigenvalue weighted by Gasteiger charge is -2.32. The summed E-state index contributed by atoms with van der Waals surface area (Å²) in [7, 11) is 0. The van der Waals surface area contributed by atoms with Gasteiger partial charge in [-0.25, -0.2) is 4.57 Å². The van der Waals surface area contributed by atoms with Crippen molar-refractivity contribution < 1.29 is 13.8 Å². The molecular weight excluding hydrogens is 323 g/mol. The molecule has 4 nitrogen and oxygen atoms in total. The first-order valence-electron chi connectivity index (χ1n) is 9.21. The van der Waals surface area contributed by atoms with Gasteiger partial charge in [0.05, 0.1) is 12.7 Å². The lowest BCUT2D eigenvalue weighted by molar-refractivity contribution is -0.565. The van der Waals surface area contributed by atoms with Gasteiger partial charge in [-0.05, 0) is 30.0 Å². The maximum atomic E-state index is 6.44. The number of aromatic nitrogens is 2. The molecule has 4 rings (SSSR count). The van der Waals surface area contributed by atoms with Gasteiger partial charge in [-0.3, -0.25) is 0 Å². The molecule has 26 heavy (non-hydrogen) atoms. The summed E-state index contributed by atoms with van der Waals surface area (Å²) in [6.45, 7) is 7.82. The van der Waals surface area contributed by atoms with Crippen LogP contribution >= 0.6 is 0 Å². The first-order valence-corrected chi connectivity index (χ1v) is 9.21. The third-order valence-corrected chi connectivity index (χ3v) is 5.09. The smallest absolute Gasteiger partial charge is 0.591 e. The van der Waals surface area contributed by atoms with Crippen molar-refractivity contribution in [1.82, 2.24) is 4.57 Å². The highest BCUT2D eigenvalue weighted by atomic mass is 16.7. The Kier molecular flexibility index (Phi) is 3.83. The second-order valence-corrected chi connectivity index (χ2v) is 7.92. The fourth-order valence-electron chi connectivity index (χ4n) is 3.47. The third kappa shape index (κ3) is 2.68. The van der Waals surface area contributed by atoms with Crippen LogP contribution in [0.25, 0.3) is 0 Å². The van der Waals surface area contributed by atoms with Gasteiger partial charge in [0.25, 0.3) is 0 Å². The molecule has 0 unspecified atom stereocenters. The molecule has 0 saturated carbocycles. The van der Waals surface area contributed by atoms with Crippen molar-refractivity contribution in [3.05, 3.63) is 72.8 Å². The van der Waals surface area contributed by atoms with Crippen LogP contribution in [0.1, 0.15) is 33.3 Å². The zero-order valence-electron chi connectivity index (χ0n) is 15.8. The van der Waals surface area contributed by atoms with E-state index in [1.54, 1.807) is 0 Å². The highest BCUT2D eigenvalue weighted by Gasteiger charge is 2.47. The summed E-state index contributed by atoms with van der Waals surface area (Å²) >= 11 is 0. The van der Waals surface area contributed by atoms with Crippen LogP contribution in [0.15, 0.2) is 67.3 Å². The average Bonchev–Trinajstić information content (AvgIpc) is 3.26. The van der Waals surface area contributed by atoms with Gasteiger partial charge in [-0.1, -0.05) is 62.6 Å². The van der Waals surface area contributed by atoms with Crippen molar-refractivity contribution in [2.75, 3.05) is 0 Å². The molecule has 0 amide bonds. The Morgan fingerprint density at radius 2 is 1.58 bits per heavy atom. The number of rotatable bonds is 3. The second-order valence-electron chi connectivity index (χ2n) is 7.92. The van der Waals surface area contributed by atoms with E-state index in [0.717, 1.165) is 23.5 Å². The number of aryl methyl sites for hydroxylation is 1. The van der Waals surface area contributed by atoms with Gasteiger partial charge in [-0.2, -0.15) is 0 Å². The topological polar surface area (TPSA) is 27.3 Å². The fourth-order valence-corrected chi connectivity index (χ4v) is 3.47.